The molecule has 2 N–H and O–H groups in total. The van der Waals surface area contributed by atoms with E-state index in [0.29, 0.717) is 0 Å². The molecule has 0 aliphatic rings. The maximum absolute atomic E-state index is 13.3. The molecule has 0 saturated heterocycles. The monoisotopic (exact) mass is 446 g/mol. The number of hydrogen-bond acceptors (Lipinski definition) is 4. The molecule has 0 aliphatic heterocycles. The number of benzene rings is 2. The largest absolute Gasteiger partial charge is 0.416 e. The van der Waals surface area contributed by atoms with E-state index in [4.69, 9.17) is 0 Å². The van der Waals surface area contributed by atoms with E-state index in [1.54, 1.807) is 0 Å². The topological polar surface area (TPSA) is 92.5 Å². The summed E-state index contributed by atoms with van der Waals surface area (Å²) < 4.78 is 40.0. The molecule has 0 aromatic heterocycles. The fraction of sp³-hybridized carbons (Fsp3) is 0.235. The van der Waals surface area contributed by atoms with Gasteiger partial charge in [-0.2, -0.15) is 13.2 Å². The van der Waals surface area contributed by atoms with Crippen LogP contribution in [0.15, 0.2) is 40.9 Å². The maximum Gasteiger partial charge on any atom is 0.416 e. The van der Waals surface area contributed by atoms with Gasteiger partial charge in [-0.15, -0.1) is 0 Å². The first-order valence-corrected chi connectivity index (χ1v) is 8.37. The average Bonchev–Trinajstić information content (AvgIpc) is 2.58. The number of halogens is 4. The van der Waals surface area contributed by atoms with Gasteiger partial charge in [-0.1, -0.05) is 22.0 Å². The molecule has 0 heterocycles. The summed E-state index contributed by atoms with van der Waals surface area (Å²) in [5, 5.41) is 22.7. The van der Waals surface area contributed by atoms with Gasteiger partial charge in [0.05, 0.1) is 23.1 Å². The first-order chi connectivity index (χ1) is 12.5. The fourth-order valence-electron chi connectivity index (χ4n) is 2.54. The van der Waals surface area contributed by atoms with Crippen LogP contribution < -0.4 is 5.32 Å². The lowest BCUT2D eigenvalue weighted by atomic mass is 9.99. The zero-order valence-electron chi connectivity index (χ0n) is 13.9. The van der Waals surface area contributed by atoms with Crippen LogP contribution in [0.1, 0.15) is 33.1 Å². The Labute approximate surface area is 160 Å². The summed E-state index contributed by atoms with van der Waals surface area (Å²) in [6, 6.07) is 5.68. The standard InChI is InChI=1S/C17H14BrF3N2O4/c1-9-6-10(2-5-15(9)23(26)27)16(25)22-14(8-24)12-4-3-11(18)7-13(12)17(19,20)21/h2-7,14,24H,8H2,1H3,(H,22,25)/t14-/m0/s1. The van der Waals surface area contributed by atoms with Crippen molar-refractivity contribution < 1.29 is 28.0 Å². The van der Waals surface area contributed by atoms with Gasteiger partial charge in [0.2, 0.25) is 0 Å². The number of nitro groups is 1. The number of hydrogen-bond donors (Lipinski definition) is 2. The molecule has 2 aromatic carbocycles. The third-order valence-electron chi connectivity index (χ3n) is 3.84. The molecule has 0 radical (unpaired) electrons. The van der Waals surface area contributed by atoms with Crippen molar-refractivity contribution in [3.8, 4) is 0 Å². The minimum absolute atomic E-state index is 0.0298. The zero-order valence-corrected chi connectivity index (χ0v) is 15.5. The molecule has 1 amide bonds. The van der Waals surface area contributed by atoms with Crippen molar-refractivity contribution in [3.05, 3.63) is 73.2 Å². The Morgan fingerprint density at radius 3 is 2.48 bits per heavy atom. The molecule has 1 atom stereocenters. The lowest BCUT2D eigenvalue weighted by Crippen LogP contribution is -2.32. The van der Waals surface area contributed by atoms with E-state index < -0.39 is 35.2 Å². The smallest absolute Gasteiger partial charge is 0.394 e. The minimum Gasteiger partial charge on any atom is -0.394 e. The molecule has 0 aliphatic carbocycles. The molecule has 6 nitrogen and oxygen atoms in total. The average molecular weight is 447 g/mol. The number of alkyl halides is 3. The van der Waals surface area contributed by atoms with Crippen molar-refractivity contribution in [1.29, 1.82) is 0 Å². The normalized spacial score (nSPS) is 12.5. The lowest BCUT2D eigenvalue weighted by molar-refractivity contribution is -0.385. The summed E-state index contributed by atoms with van der Waals surface area (Å²) in [4.78, 5) is 22.6. The van der Waals surface area contributed by atoms with Crippen LogP contribution in [0.3, 0.4) is 0 Å². The van der Waals surface area contributed by atoms with Gasteiger partial charge < -0.3 is 10.4 Å². The molecule has 2 aromatic rings. The lowest BCUT2D eigenvalue weighted by Gasteiger charge is -2.21. The van der Waals surface area contributed by atoms with Crippen molar-refractivity contribution in [3.63, 3.8) is 0 Å². The third-order valence-corrected chi connectivity index (χ3v) is 4.33. The SMILES string of the molecule is Cc1cc(C(=O)N[C@@H](CO)c2ccc(Br)cc2C(F)(F)F)ccc1[N+](=O)[O-]. The van der Waals surface area contributed by atoms with Gasteiger partial charge in [0.25, 0.3) is 11.6 Å². The molecule has 144 valence electrons. The number of nitrogens with zero attached hydrogens (tertiary/aromatic N) is 1. The van der Waals surface area contributed by atoms with E-state index in [1.807, 2.05) is 0 Å². The van der Waals surface area contributed by atoms with E-state index in [9.17, 15) is 33.2 Å². The van der Waals surface area contributed by atoms with Crippen LogP contribution in [0, 0.1) is 17.0 Å². The molecule has 0 saturated carbocycles. The number of carbonyl (C=O) groups excluding carboxylic acids is 1. The number of aliphatic hydroxyl groups is 1. The highest BCUT2D eigenvalue weighted by molar-refractivity contribution is 9.10. The Morgan fingerprint density at radius 1 is 1.30 bits per heavy atom. The summed E-state index contributed by atoms with van der Waals surface area (Å²) in [6.07, 6.45) is -4.68. The van der Waals surface area contributed by atoms with Gasteiger partial charge in [-0.05, 0) is 36.8 Å². The van der Waals surface area contributed by atoms with Crippen LogP contribution in [-0.2, 0) is 6.18 Å². The Bertz CT molecular complexity index is 887. The second-order valence-corrected chi connectivity index (χ2v) is 6.61. The highest BCUT2D eigenvalue weighted by Gasteiger charge is 2.35. The van der Waals surface area contributed by atoms with E-state index in [1.165, 1.54) is 25.1 Å². The van der Waals surface area contributed by atoms with Gasteiger partial charge in [0.15, 0.2) is 0 Å². The maximum atomic E-state index is 13.3. The summed E-state index contributed by atoms with van der Waals surface area (Å²) in [6.45, 7) is 0.678. The van der Waals surface area contributed by atoms with Crippen LogP contribution in [0.5, 0.6) is 0 Å². The van der Waals surface area contributed by atoms with Crippen LogP contribution in [0.2, 0.25) is 0 Å². The quantitative estimate of drug-likeness (QED) is 0.532. The van der Waals surface area contributed by atoms with Gasteiger partial charge in [0.1, 0.15) is 0 Å². The summed E-state index contributed by atoms with van der Waals surface area (Å²) >= 11 is 2.97. The molecule has 0 fully saturated rings. The Kier molecular flexibility index (Phi) is 6.22. The number of nitro benzene ring substituents is 1. The van der Waals surface area contributed by atoms with Gasteiger partial charge in [-0.25, -0.2) is 0 Å². The van der Waals surface area contributed by atoms with Crippen molar-refractivity contribution >= 4 is 27.5 Å². The summed E-state index contributed by atoms with van der Waals surface area (Å²) in [5.41, 5.74) is -1.20. The molecular formula is C17H14BrF3N2O4. The molecule has 10 heteroatoms. The number of aryl methyl sites for hydroxylation is 1. The number of nitrogens with one attached hydrogen (secondary N) is 1. The first-order valence-electron chi connectivity index (χ1n) is 7.58. The summed E-state index contributed by atoms with van der Waals surface area (Å²) in [7, 11) is 0. The van der Waals surface area contributed by atoms with E-state index in [0.717, 1.165) is 18.2 Å². The molecule has 0 bridgehead atoms. The van der Waals surface area contributed by atoms with Crippen LogP contribution in [0.4, 0.5) is 18.9 Å². The van der Waals surface area contributed by atoms with Gasteiger partial charge in [0, 0.05) is 21.7 Å². The first kappa shape index (κ1) is 20.8. The summed E-state index contributed by atoms with van der Waals surface area (Å²) in [5.74, 6) is -0.761. The second-order valence-electron chi connectivity index (χ2n) is 5.70. The predicted octanol–water partition coefficient (Wildman–Crippen LogP) is 4.15. The number of aliphatic hydroxyl groups excluding tert-OH is 1. The van der Waals surface area contributed by atoms with Crippen molar-refractivity contribution in [2.45, 2.75) is 19.1 Å². The number of rotatable bonds is 5. The molecular weight excluding hydrogens is 433 g/mol. The van der Waals surface area contributed by atoms with Gasteiger partial charge in [-0.3, -0.25) is 14.9 Å². The van der Waals surface area contributed by atoms with Crippen LogP contribution in [-0.4, -0.2) is 22.5 Å². The number of amides is 1. The Morgan fingerprint density at radius 2 is 1.96 bits per heavy atom. The molecule has 0 spiro atoms. The zero-order chi connectivity index (χ0) is 20.4. The van der Waals surface area contributed by atoms with Crippen molar-refractivity contribution in [2.75, 3.05) is 6.61 Å². The highest BCUT2D eigenvalue weighted by Crippen LogP contribution is 2.36. The van der Waals surface area contributed by atoms with Crippen LogP contribution >= 0.6 is 15.9 Å². The predicted molar refractivity (Wildman–Crippen MR) is 94.3 cm³/mol. The van der Waals surface area contributed by atoms with Crippen LogP contribution in [0.25, 0.3) is 0 Å². The van der Waals surface area contributed by atoms with Crippen molar-refractivity contribution in [1.82, 2.24) is 5.32 Å². The van der Waals surface area contributed by atoms with E-state index in [-0.39, 0.29) is 26.9 Å². The molecule has 27 heavy (non-hydrogen) atoms. The second kappa shape index (κ2) is 8.05. The molecule has 2 rings (SSSR count). The Balaban J connectivity index is 2.34. The fourth-order valence-corrected chi connectivity index (χ4v) is 2.90. The third kappa shape index (κ3) is 4.83. The Hall–Kier alpha value is -2.46. The van der Waals surface area contributed by atoms with Gasteiger partial charge >= 0.3 is 6.18 Å². The highest BCUT2D eigenvalue weighted by atomic mass is 79.9. The van der Waals surface area contributed by atoms with E-state index >= 15 is 0 Å². The van der Waals surface area contributed by atoms with E-state index in [2.05, 4.69) is 21.2 Å². The van der Waals surface area contributed by atoms with Crippen molar-refractivity contribution in [2.24, 2.45) is 0 Å². The molecule has 0 unspecified atom stereocenters. The number of carbonyl (C=O) groups is 1. The minimum atomic E-state index is -4.68.